The number of rotatable bonds is 5. The van der Waals surface area contributed by atoms with E-state index in [9.17, 15) is 4.79 Å². The van der Waals surface area contributed by atoms with Crippen molar-refractivity contribution in [2.24, 2.45) is 17.8 Å². The van der Waals surface area contributed by atoms with Gasteiger partial charge in [0.1, 0.15) is 5.54 Å². The van der Waals surface area contributed by atoms with Crippen LogP contribution in [0.5, 0.6) is 0 Å². The highest BCUT2D eigenvalue weighted by Crippen LogP contribution is 2.41. The molecule has 4 rings (SSSR count). The Bertz CT molecular complexity index is 933. The molecule has 1 aromatic heterocycles. The molecule has 29 heavy (non-hydrogen) atoms. The minimum absolute atomic E-state index is 0.0603. The van der Waals surface area contributed by atoms with Gasteiger partial charge in [-0.15, -0.1) is 0 Å². The number of aromatic nitrogens is 1. The van der Waals surface area contributed by atoms with Crippen molar-refractivity contribution in [3.05, 3.63) is 48.2 Å². The summed E-state index contributed by atoms with van der Waals surface area (Å²) in [6.45, 7) is 8.47. The first-order chi connectivity index (χ1) is 13.8. The third-order valence-electron chi connectivity index (χ3n) is 6.29. The average molecular weight is 410 g/mol. The van der Waals surface area contributed by atoms with Crippen LogP contribution in [0.3, 0.4) is 0 Å². The fourth-order valence-corrected chi connectivity index (χ4v) is 5.71. The molecule has 2 N–H and O–H groups in total. The van der Waals surface area contributed by atoms with Crippen molar-refractivity contribution in [3.63, 3.8) is 0 Å². The molecule has 2 bridgehead atoms. The number of benzene rings is 1. The van der Waals surface area contributed by atoms with E-state index in [2.05, 4.69) is 47.1 Å². The van der Waals surface area contributed by atoms with Crippen LogP contribution in [0.25, 0.3) is 10.9 Å². The van der Waals surface area contributed by atoms with E-state index in [-0.39, 0.29) is 11.9 Å². The molecular weight excluding hydrogens is 378 g/mol. The van der Waals surface area contributed by atoms with E-state index in [1.54, 1.807) is 5.57 Å². The number of hydrogen-bond acceptors (Lipinski definition) is 4. The number of amides is 1. The zero-order valence-corrected chi connectivity index (χ0v) is 18.6. The first kappa shape index (κ1) is 20.4. The Morgan fingerprint density at radius 1 is 1.17 bits per heavy atom. The molecule has 4 atom stereocenters. The summed E-state index contributed by atoms with van der Waals surface area (Å²) in [5.41, 5.74) is 1.85. The number of pyridine rings is 1. The summed E-state index contributed by atoms with van der Waals surface area (Å²) in [6, 6.07) is 10.3. The first-order valence-electron chi connectivity index (χ1n) is 10.6. The molecule has 1 amide bonds. The molecule has 0 aliphatic heterocycles. The van der Waals surface area contributed by atoms with Gasteiger partial charge in [-0.3, -0.25) is 9.78 Å². The van der Waals surface area contributed by atoms with Gasteiger partial charge in [-0.1, -0.05) is 43.7 Å². The van der Waals surface area contributed by atoms with Gasteiger partial charge in [-0.05, 0) is 74.9 Å². The van der Waals surface area contributed by atoms with Crippen molar-refractivity contribution in [3.8, 4) is 0 Å². The molecule has 1 aromatic carbocycles. The summed E-state index contributed by atoms with van der Waals surface area (Å²) >= 11 is 1.48. The Morgan fingerprint density at radius 2 is 1.97 bits per heavy atom. The number of nitrogens with one attached hydrogen (secondary N) is 2. The van der Waals surface area contributed by atoms with E-state index in [1.807, 2.05) is 38.2 Å². The zero-order chi connectivity index (χ0) is 20.6. The minimum atomic E-state index is -0.689. The van der Waals surface area contributed by atoms with Crippen molar-refractivity contribution < 1.29 is 4.79 Å². The molecule has 2 aliphatic carbocycles. The zero-order valence-electron chi connectivity index (χ0n) is 17.7. The molecule has 5 heteroatoms. The van der Waals surface area contributed by atoms with Crippen molar-refractivity contribution in [1.82, 2.24) is 15.0 Å². The lowest BCUT2D eigenvalue weighted by molar-refractivity contribution is -0.127. The van der Waals surface area contributed by atoms with Gasteiger partial charge in [-0.2, -0.15) is 0 Å². The van der Waals surface area contributed by atoms with Gasteiger partial charge < -0.3 is 5.32 Å². The molecule has 2 aliphatic rings. The van der Waals surface area contributed by atoms with E-state index >= 15 is 0 Å². The number of hydrogen-bond donors (Lipinski definition) is 2. The number of allylic oxidation sites excluding steroid dienone is 1. The first-order valence-corrected chi connectivity index (χ1v) is 11.4. The van der Waals surface area contributed by atoms with Gasteiger partial charge in [0.25, 0.3) is 0 Å². The van der Waals surface area contributed by atoms with Gasteiger partial charge >= 0.3 is 0 Å². The quantitative estimate of drug-likeness (QED) is 0.532. The molecule has 0 spiro atoms. The molecule has 154 valence electrons. The molecular formula is C24H31N3OS. The summed E-state index contributed by atoms with van der Waals surface area (Å²) < 4.78 is 3.39. The van der Waals surface area contributed by atoms with Gasteiger partial charge in [0.2, 0.25) is 5.91 Å². The van der Waals surface area contributed by atoms with E-state index in [0.29, 0.717) is 17.8 Å². The number of carbonyl (C=O) groups excluding carboxylic acids is 1. The highest BCUT2D eigenvalue weighted by atomic mass is 32.2. The third kappa shape index (κ3) is 4.36. The SMILES string of the molecule is CC1CC2=CC(C)C(NC(=O)C(C)(C)NSc3cccc4cccnc34)C(C2)C1. The number of carbonyl (C=O) groups is 1. The van der Waals surface area contributed by atoms with E-state index < -0.39 is 5.54 Å². The van der Waals surface area contributed by atoms with E-state index in [1.165, 1.54) is 24.8 Å². The maximum atomic E-state index is 13.2. The Balaban J connectivity index is 1.44. The minimum Gasteiger partial charge on any atom is -0.351 e. The second-order valence-corrected chi connectivity index (χ2v) is 10.2. The molecule has 1 saturated carbocycles. The summed E-state index contributed by atoms with van der Waals surface area (Å²) in [6.07, 6.45) is 7.78. The molecule has 4 unspecified atom stereocenters. The molecule has 0 radical (unpaired) electrons. The largest absolute Gasteiger partial charge is 0.351 e. The van der Waals surface area contributed by atoms with E-state index in [0.717, 1.165) is 22.2 Å². The smallest absolute Gasteiger partial charge is 0.240 e. The Hall–Kier alpha value is -1.85. The van der Waals surface area contributed by atoms with Crippen LogP contribution >= 0.6 is 11.9 Å². The molecule has 0 saturated heterocycles. The van der Waals surface area contributed by atoms with Crippen LogP contribution in [0, 0.1) is 17.8 Å². The van der Waals surface area contributed by atoms with E-state index in [4.69, 9.17) is 0 Å². The van der Waals surface area contributed by atoms with Crippen LogP contribution in [-0.4, -0.2) is 22.5 Å². The summed E-state index contributed by atoms with van der Waals surface area (Å²) in [5.74, 6) is 1.73. The molecule has 1 heterocycles. The van der Waals surface area contributed by atoms with Gasteiger partial charge in [0, 0.05) is 22.5 Å². The standard InChI is InChI=1S/C24H31N3OS/c1-15-11-17-13-16(2)21(19(12-15)14-17)26-23(28)24(3,4)27-29-20-9-5-7-18-8-6-10-25-22(18)20/h5-10,13,15-16,19,21,27H,11-12,14H2,1-4H3,(H,26,28). The maximum Gasteiger partial charge on any atom is 0.240 e. The van der Waals surface area contributed by atoms with Gasteiger partial charge in [-0.25, -0.2) is 4.72 Å². The van der Waals surface area contributed by atoms with Crippen molar-refractivity contribution in [2.45, 2.75) is 63.4 Å². The lowest BCUT2D eigenvalue weighted by atomic mass is 9.68. The summed E-state index contributed by atoms with van der Waals surface area (Å²) in [7, 11) is 0. The Kier molecular flexibility index (Phi) is 5.71. The molecule has 2 aromatic rings. The van der Waals surface area contributed by atoms with Crippen LogP contribution < -0.4 is 10.0 Å². The molecule has 4 nitrogen and oxygen atoms in total. The summed E-state index contributed by atoms with van der Waals surface area (Å²) in [4.78, 5) is 18.7. The highest BCUT2D eigenvalue weighted by molar-refractivity contribution is 7.97. The Labute approximate surface area is 178 Å². The van der Waals surface area contributed by atoms with Gasteiger partial charge in [0.15, 0.2) is 0 Å². The van der Waals surface area contributed by atoms with Crippen molar-refractivity contribution >= 4 is 28.8 Å². The highest BCUT2D eigenvalue weighted by Gasteiger charge is 2.38. The van der Waals surface area contributed by atoms with Crippen LogP contribution in [0.4, 0.5) is 0 Å². The molecule has 1 fully saturated rings. The van der Waals surface area contributed by atoms with Gasteiger partial charge in [0.05, 0.1) is 5.52 Å². The van der Waals surface area contributed by atoms with Crippen molar-refractivity contribution in [1.29, 1.82) is 0 Å². The lowest BCUT2D eigenvalue weighted by Crippen LogP contribution is -2.56. The summed E-state index contributed by atoms with van der Waals surface area (Å²) in [5, 5.41) is 4.49. The lowest BCUT2D eigenvalue weighted by Gasteiger charge is -2.42. The maximum absolute atomic E-state index is 13.2. The fraction of sp³-hybridized carbons (Fsp3) is 0.500. The van der Waals surface area contributed by atoms with Crippen LogP contribution in [0.2, 0.25) is 0 Å². The normalized spacial score (nSPS) is 26.8. The second-order valence-electron chi connectivity index (χ2n) is 9.35. The predicted molar refractivity (Wildman–Crippen MR) is 120 cm³/mol. The second kappa shape index (κ2) is 8.11. The monoisotopic (exact) mass is 409 g/mol. The van der Waals surface area contributed by atoms with Crippen LogP contribution in [0.15, 0.2) is 53.1 Å². The van der Waals surface area contributed by atoms with Crippen LogP contribution in [-0.2, 0) is 4.79 Å². The fourth-order valence-electron chi connectivity index (χ4n) is 4.83. The van der Waals surface area contributed by atoms with Crippen molar-refractivity contribution in [2.75, 3.05) is 0 Å². The number of nitrogens with zero attached hydrogens (tertiary/aromatic N) is 1. The number of fused-ring (bicyclic) bond motifs is 3. The Morgan fingerprint density at radius 3 is 2.79 bits per heavy atom. The third-order valence-corrected chi connectivity index (χ3v) is 7.45. The predicted octanol–water partition coefficient (Wildman–Crippen LogP) is 5.11. The van der Waals surface area contributed by atoms with Crippen LogP contribution in [0.1, 0.15) is 47.0 Å². The average Bonchev–Trinajstić information content (AvgIpc) is 2.68. The topological polar surface area (TPSA) is 54.0 Å². The number of para-hydroxylation sites is 1.